The van der Waals surface area contributed by atoms with E-state index in [2.05, 4.69) is 10.6 Å². The maximum atomic E-state index is 12.9. The number of amides is 3. The molecule has 0 radical (unpaired) electrons. The molecule has 0 saturated heterocycles. The Bertz CT molecular complexity index is 463. The van der Waals surface area contributed by atoms with Gasteiger partial charge >= 0.3 is 0 Å². The largest absolute Gasteiger partial charge is 0.357 e. The first kappa shape index (κ1) is 23.7. The molecule has 0 fully saturated rings. The van der Waals surface area contributed by atoms with Crippen molar-refractivity contribution in [3.63, 3.8) is 0 Å². The molecule has 0 saturated carbocycles. The second kappa shape index (κ2) is 10.7. The predicted molar refractivity (Wildman–Crippen MR) is 100 cm³/mol. The van der Waals surface area contributed by atoms with E-state index in [4.69, 9.17) is 5.21 Å². The van der Waals surface area contributed by atoms with E-state index in [0.717, 1.165) is 0 Å². The zero-order valence-corrected chi connectivity index (χ0v) is 17.1. The van der Waals surface area contributed by atoms with E-state index in [1.54, 1.807) is 5.48 Å². The fourth-order valence-electron chi connectivity index (χ4n) is 2.56. The zero-order chi connectivity index (χ0) is 19.8. The molecule has 8 heteroatoms. The van der Waals surface area contributed by atoms with Gasteiger partial charge in [-0.2, -0.15) is 0 Å². The molecule has 4 N–H and O–H groups in total. The van der Waals surface area contributed by atoms with Crippen molar-refractivity contribution >= 4 is 29.5 Å². The minimum atomic E-state index is -0.720. The van der Waals surface area contributed by atoms with Crippen molar-refractivity contribution in [2.24, 2.45) is 17.3 Å². The van der Waals surface area contributed by atoms with Gasteiger partial charge in [0.05, 0.1) is 11.2 Å². The van der Waals surface area contributed by atoms with Gasteiger partial charge in [-0.05, 0) is 23.5 Å². The molecule has 0 heterocycles. The number of hydroxylamine groups is 1. The maximum absolute atomic E-state index is 12.9. The van der Waals surface area contributed by atoms with E-state index in [1.807, 2.05) is 41.5 Å². The average Bonchev–Trinajstić information content (AvgIpc) is 2.52. The lowest BCUT2D eigenvalue weighted by Gasteiger charge is -2.33. The molecular weight excluding hydrogens is 342 g/mol. The number of thioether (sulfide) groups is 1. The highest BCUT2D eigenvalue weighted by Gasteiger charge is 2.38. The highest BCUT2D eigenvalue weighted by atomic mass is 32.2. The van der Waals surface area contributed by atoms with E-state index in [9.17, 15) is 14.4 Å². The molecule has 0 aliphatic carbocycles. The van der Waals surface area contributed by atoms with Crippen LogP contribution in [0.15, 0.2) is 0 Å². The molecule has 146 valence electrons. The summed E-state index contributed by atoms with van der Waals surface area (Å²) in [5.74, 6) is -1.08. The summed E-state index contributed by atoms with van der Waals surface area (Å²) in [7, 11) is 1.52. The second-order valence-corrected chi connectivity index (χ2v) is 8.93. The Labute approximate surface area is 155 Å². The van der Waals surface area contributed by atoms with E-state index < -0.39 is 28.5 Å². The molecule has 25 heavy (non-hydrogen) atoms. The Morgan fingerprint density at radius 3 is 2.00 bits per heavy atom. The van der Waals surface area contributed by atoms with Gasteiger partial charge in [-0.15, -0.1) is 11.8 Å². The van der Waals surface area contributed by atoms with E-state index in [1.165, 1.54) is 18.8 Å². The normalized spacial score (nSPS) is 15.2. The summed E-state index contributed by atoms with van der Waals surface area (Å²) in [5.41, 5.74) is 1.18. The lowest BCUT2D eigenvalue weighted by molar-refractivity contribution is -0.137. The summed E-state index contributed by atoms with van der Waals surface area (Å²) in [6.45, 7) is 11.4. The van der Waals surface area contributed by atoms with Crippen LogP contribution in [-0.4, -0.2) is 47.0 Å². The van der Waals surface area contributed by atoms with Crippen LogP contribution >= 0.6 is 11.8 Å². The summed E-state index contributed by atoms with van der Waals surface area (Å²) in [4.78, 5) is 37.2. The molecule has 0 unspecified atom stereocenters. The quantitative estimate of drug-likeness (QED) is 0.361. The number of carbonyl (C=O) groups excluding carboxylic acids is 3. The molecule has 0 aromatic carbocycles. The van der Waals surface area contributed by atoms with Crippen LogP contribution in [0.1, 0.15) is 48.0 Å². The van der Waals surface area contributed by atoms with Crippen LogP contribution in [-0.2, 0) is 14.4 Å². The van der Waals surface area contributed by atoms with E-state index >= 15 is 0 Å². The Morgan fingerprint density at radius 1 is 1.08 bits per heavy atom. The fourth-order valence-corrected chi connectivity index (χ4v) is 3.59. The van der Waals surface area contributed by atoms with Crippen molar-refractivity contribution in [2.45, 2.75) is 59.3 Å². The molecule has 0 spiro atoms. The van der Waals surface area contributed by atoms with Crippen LogP contribution in [0.3, 0.4) is 0 Å². The Hall–Kier alpha value is -1.28. The molecule has 0 aromatic heterocycles. The predicted octanol–water partition coefficient (Wildman–Crippen LogP) is 1.55. The number of likely N-dealkylation sites (N-methyl/N-ethyl adjacent to an activating group) is 1. The van der Waals surface area contributed by atoms with E-state index in [-0.39, 0.29) is 17.7 Å². The second-order valence-electron chi connectivity index (χ2n) is 7.51. The summed E-state index contributed by atoms with van der Waals surface area (Å²) >= 11 is 1.30. The highest BCUT2D eigenvalue weighted by molar-refractivity contribution is 8.00. The van der Waals surface area contributed by atoms with Gasteiger partial charge in [-0.25, -0.2) is 5.48 Å². The lowest BCUT2D eigenvalue weighted by Crippen LogP contribution is -2.56. The van der Waals surface area contributed by atoms with Gasteiger partial charge in [0.1, 0.15) is 6.04 Å². The van der Waals surface area contributed by atoms with Crippen molar-refractivity contribution in [1.29, 1.82) is 0 Å². The number of rotatable bonds is 9. The van der Waals surface area contributed by atoms with Crippen LogP contribution in [0.2, 0.25) is 0 Å². The summed E-state index contributed by atoms with van der Waals surface area (Å²) in [6.07, 6.45) is 0.474. The van der Waals surface area contributed by atoms with Crippen LogP contribution in [0.4, 0.5) is 0 Å². The van der Waals surface area contributed by atoms with Gasteiger partial charge in [-0.3, -0.25) is 19.6 Å². The molecule has 7 nitrogen and oxygen atoms in total. The topological polar surface area (TPSA) is 108 Å². The monoisotopic (exact) mass is 375 g/mol. The first-order chi connectivity index (χ1) is 11.5. The number of nitrogens with one attached hydrogen (secondary N) is 3. The lowest BCUT2D eigenvalue weighted by atomic mass is 9.85. The third-order valence-corrected chi connectivity index (χ3v) is 5.04. The van der Waals surface area contributed by atoms with Crippen molar-refractivity contribution < 1.29 is 19.6 Å². The molecular formula is C17H33N3O4S. The molecule has 3 atom stereocenters. The number of carbonyl (C=O) groups is 3. The van der Waals surface area contributed by atoms with Gasteiger partial charge < -0.3 is 10.6 Å². The fraction of sp³-hybridized carbons (Fsp3) is 0.824. The van der Waals surface area contributed by atoms with Gasteiger partial charge in [0.15, 0.2) is 0 Å². The van der Waals surface area contributed by atoms with Crippen molar-refractivity contribution in [3.8, 4) is 0 Å². The summed E-state index contributed by atoms with van der Waals surface area (Å²) < 4.78 is 0. The van der Waals surface area contributed by atoms with Gasteiger partial charge in [0.25, 0.3) is 5.91 Å². The Balaban J connectivity index is 5.59. The molecule has 0 bridgehead atoms. The van der Waals surface area contributed by atoms with Crippen LogP contribution in [0, 0.1) is 17.3 Å². The highest BCUT2D eigenvalue weighted by Crippen LogP contribution is 2.28. The molecule has 0 aliphatic heterocycles. The minimum Gasteiger partial charge on any atom is -0.357 e. The first-order valence-corrected chi connectivity index (χ1v) is 9.61. The van der Waals surface area contributed by atoms with Crippen molar-refractivity contribution in [2.75, 3.05) is 12.8 Å². The van der Waals surface area contributed by atoms with Crippen molar-refractivity contribution in [3.05, 3.63) is 0 Å². The maximum Gasteiger partial charge on any atom is 0.257 e. The molecule has 0 rings (SSSR count). The van der Waals surface area contributed by atoms with E-state index in [0.29, 0.717) is 12.2 Å². The SMILES string of the molecule is CCS[C@@H](C(=O)NO)[C@H](CC(C)C)C(=O)N[C@H](C(=O)NC)C(C)(C)C. The molecule has 0 aromatic rings. The van der Waals surface area contributed by atoms with Gasteiger partial charge in [0.2, 0.25) is 11.8 Å². The average molecular weight is 376 g/mol. The number of hydrogen-bond acceptors (Lipinski definition) is 5. The first-order valence-electron chi connectivity index (χ1n) is 8.57. The zero-order valence-electron chi connectivity index (χ0n) is 16.3. The standard InChI is InChI=1S/C17H33N3O4S/c1-8-25-12(15(22)20-24)11(9-10(2)3)14(21)19-13(16(23)18-7)17(4,5)6/h10-13,24H,8-9H2,1-7H3,(H,18,23)(H,19,21)(H,20,22)/t11-,12+,13+/m0/s1. The molecule has 3 amide bonds. The van der Waals surface area contributed by atoms with Crippen LogP contribution in [0.5, 0.6) is 0 Å². The smallest absolute Gasteiger partial charge is 0.257 e. The third kappa shape index (κ3) is 7.64. The van der Waals surface area contributed by atoms with Crippen LogP contribution in [0.25, 0.3) is 0 Å². The number of hydrogen-bond donors (Lipinski definition) is 4. The van der Waals surface area contributed by atoms with Crippen molar-refractivity contribution in [1.82, 2.24) is 16.1 Å². The molecule has 0 aliphatic rings. The summed E-state index contributed by atoms with van der Waals surface area (Å²) in [5, 5.41) is 13.7. The Morgan fingerprint density at radius 2 is 1.64 bits per heavy atom. The third-order valence-electron chi connectivity index (χ3n) is 3.80. The minimum absolute atomic E-state index is 0.176. The van der Waals surface area contributed by atoms with Gasteiger partial charge in [-0.1, -0.05) is 41.5 Å². The summed E-state index contributed by atoms with van der Waals surface area (Å²) in [6, 6.07) is -0.718. The Kier molecular flexibility index (Phi) is 10.1. The van der Waals surface area contributed by atoms with Crippen LogP contribution < -0.4 is 16.1 Å². The van der Waals surface area contributed by atoms with Gasteiger partial charge in [0, 0.05) is 7.05 Å².